The fourth-order valence-electron chi connectivity index (χ4n) is 4.32. The number of piperidine rings is 1. The lowest BCUT2D eigenvalue weighted by Crippen LogP contribution is -2.45. The maximum atomic E-state index is 13.0. The molecule has 0 N–H and O–H groups in total. The highest BCUT2D eigenvalue weighted by Gasteiger charge is 2.41. The molecule has 27 heavy (non-hydrogen) atoms. The Bertz CT molecular complexity index is 721. The minimum atomic E-state index is -0.540. The van der Waals surface area contributed by atoms with Crippen molar-refractivity contribution < 1.29 is 19.1 Å². The number of carbonyl (C=O) groups excluding carboxylic acids is 2. The smallest absolute Gasteiger partial charge is 0.239 e. The van der Waals surface area contributed by atoms with Crippen LogP contribution >= 0.6 is 0 Å². The summed E-state index contributed by atoms with van der Waals surface area (Å²) in [6.07, 6.45) is 2.23. The monoisotopic (exact) mass is 372 g/mol. The molecule has 4 rings (SSSR count). The summed E-state index contributed by atoms with van der Waals surface area (Å²) in [5.41, 5.74) is 3.26. The third-order valence-corrected chi connectivity index (χ3v) is 6.19. The molecule has 2 amide bonds. The predicted octanol–water partition coefficient (Wildman–Crippen LogP) is 2.27. The summed E-state index contributed by atoms with van der Waals surface area (Å²) in [7, 11) is 0. The first-order valence-electron chi connectivity index (χ1n) is 9.95. The molecule has 6 heteroatoms. The first kappa shape index (κ1) is 18.4. The standard InChI is InChI=1S/C21H28N2O4/c1-14-3-4-17(13-15(14)2)23-10-7-18(20(23)25)19(24)22-8-5-16(6-9-22)21-26-11-12-27-21/h3-4,13,16,18,21H,5-12H2,1-2H3. The van der Waals surface area contributed by atoms with Gasteiger partial charge in [-0.05, 0) is 56.4 Å². The highest BCUT2D eigenvalue weighted by molar-refractivity contribution is 6.09. The number of anilines is 1. The van der Waals surface area contributed by atoms with E-state index in [0.717, 1.165) is 24.1 Å². The molecule has 0 saturated carbocycles. The van der Waals surface area contributed by atoms with Crippen LogP contribution in [0.3, 0.4) is 0 Å². The Hall–Kier alpha value is -1.92. The molecule has 3 aliphatic heterocycles. The number of benzene rings is 1. The number of ether oxygens (including phenoxy) is 2. The van der Waals surface area contributed by atoms with E-state index in [9.17, 15) is 9.59 Å². The molecule has 1 atom stereocenters. The van der Waals surface area contributed by atoms with Crippen molar-refractivity contribution in [2.24, 2.45) is 11.8 Å². The van der Waals surface area contributed by atoms with Crippen LogP contribution in [0.15, 0.2) is 18.2 Å². The topological polar surface area (TPSA) is 59.1 Å². The Morgan fingerprint density at radius 3 is 2.37 bits per heavy atom. The summed E-state index contributed by atoms with van der Waals surface area (Å²) >= 11 is 0. The normalized spacial score (nSPS) is 24.8. The number of nitrogens with zero attached hydrogens (tertiary/aromatic N) is 2. The fourth-order valence-corrected chi connectivity index (χ4v) is 4.32. The number of rotatable bonds is 3. The highest BCUT2D eigenvalue weighted by Crippen LogP contribution is 2.30. The zero-order valence-corrected chi connectivity index (χ0v) is 16.1. The van der Waals surface area contributed by atoms with Crippen LogP contribution in [0.2, 0.25) is 0 Å². The van der Waals surface area contributed by atoms with E-state index in [4.69, 9.17) is 9.47 Å². The third-order valence-electron chi connectivity index (χ3n) is 6.19. The van der Waals surface area contributed by atoms with Gasteiger partial charge in [-0.15, -0.1) is 0 Å². The van der Waals surface area contributed by atoms with E-state index in [-0.39, 0.29) is 18.1 Å². The molecular formula is C21H28N2O4. The molecule has 1 aromatic rings. The molecule has 0 spiro atoms. The van der Waals surface area contributed by atoms with Crippen LogP contribution in [-0.2, 0) is 19.1 Å². The Morgan fingerprint density at radius 1 is 1.00 bits per heavy atom. The fraction of sp³-hybridized carbons (Fsp3) is 0.619. The Labute approximate surface area is 160 Å². The van der Waals surface area contributed by atoms with Gasteiger partial charge in [-0.3, -0.25) is 9.59 Å². The van der Waals surface area contributed by atoms with Crippen LogP contribution in [0.25, 0.3) is 0 Å². The van der Waals surface area contributed by atoms with Gasteiger partial charge in [0.2, 0.25) is 11.8 Å². The van der Waals surface area contributed by atoms with Gasteiger partial charge in [0.1, 0.15) is 5.92 Å². The SMILES string of the molecule is Cc1ccc(N2CCC(C(=O)N3CCC(C4OCCO4)CC3)C2=O)cc1C. The maximum Gasteiger partial charge on any atom is 0.239 e. The predicted molar refractivity (Wildman–Crippen MR) is 101 cm³/mol. The average molecular weight is 372 g/mol. The molecule has 0 aromatic heterocycles. The molecule has 3 saturated heterocycles. The molecule has 6 nitrogen and oxygen atoms in total. The average Bonchev–Trinajstić information content (AvgIpc) is 3.34. The molecule has 3 fully saturated rings. The van der Waals surface area contributed by atoms with Crippen LogP contribution in [0, 0.1) is 25.7 Å². The zero-order chi connectivity index (χ0) is 19.0. The van der Waals surface area contributed by atoms with E-state index < -0.39 is 5.92 Å². The van der Waals surface area contributed by atoms with E-state index in [0.29, 0.717) is 45.2 Å². The van der Waals surface area contributed by atoms with Gasteiger partial charge in [-0.1, -0.05) is 6.07 Å². The summed E-state index contributed by atoms with van der Waals surface area (Å²) in [6.45, 7) is 7.40. The van der Waals surface area contributed by atoms with Crippen molar-refractivity contribution in [3.8, 4) is 0 Å². The van der Waals surface area contributed by atoms with Crippen LogP contribution in [-0.4, -0.2) is 55.9 Å². The van der Waals surface area contributed by atoms with E-state index in [1.165, 1.54) is 5.56 Å². The maximum absolute atomic E-state index is 13.0. The number of aryl methyl sites for hydroxylation is 2. The largest absolute Gasteiger partial charge is 0.350 e. The first-order valence-corrected chi connectivity index (χ1v) is 9.95. The number of hydrogen-bond donors (Lipinski definition) is 0. The van der Waals surface area contributed by atoms with E-state index in [2.05, 4.69) is 6.92 Å². The molecule has 1 unspecified atom stereocenters. The number of amides is 2. The van der Waals surface area contributed by atoms with E-state index in [1.807, 2.05) is 30.0 Å². The molecule has 0 radical (unpaired) electrons. The summed E-state index contributed by atoms with van der Waals surface area (Å²) in [5.74, 6) is -0.268. The van der Waals surface area contributed by atoms with Crippen molar-refractivity contribution in [3.05, 3.63) is 29.3 Å². The van der Waals surface area contributed by atoms with Crippen LogP contribution < -0.4 is 4.90 Å². The Kier molecular flexibility index (Phi) is 5.19. The van der Waals surface area contributed by atoms with Crippen LogP contribution in [0.5, 0.6) is 0 Å². The Balaban J connectivity index is 1.37. The summed E-state index contributed by atoms with van der Waals surface area (Å²) in [6, 6.07) is 6.04. The van der Waals surface area contributed by atoms with Crippen molar-refractivity contribution in [2.45, 2.75) is 39.4 Å². The number of hydrogen-bond acceptors (Lipinski definition) is 4. The van der Waals surface area contributed by atoms with Gasteiger partial charge >= 0.3 is 0 Å². The quantitative estimate of drug-likeness (QED) is 0.764. The second-order valence-corrected chi connectivity index (χ2v) is 7.87. The van der Waals surface area contributed by atoms with Gasteiger partial charge in [0.05, 0.1) is 13.2 Å². The molecule has 3 heterocycles. The highest BCUT2D eigenvalue weighted by atomic mass is 16.7. The van der Waals surface area contributed by atoms with Gasteiger partial charge in [0, 0.05) is 31.2 Å². The lowest BCUT2D eigenvalue weighted by Gasteiger charge is -2.34. The van der Waals surface area contributed by atoms with Crippen LogP contribution in [0.1, 0.15) is 30.4 Å². The minimum Gasteiger partial charge on any atom is -0.350 e. The lowest BCUT2D eigenvalue weighted by atomic mass is 9.94. The van der Waals surface area contributed by atoms with E-state index in [1.54, 1.807) is 4.90 Å². The van der Waals surface area contributed by atoms with Crippen LogP contribution in [0.4, 0.5) is 5.69 Å². The summed E-state index contributed by atoms with van der Waals surface area (Å²) < 4.78 is 11.2. The van der Waals surface area contributed by atoms with Crippen molar-refractivity contribution in [2.75, 3.05) is 37.7 Å². The molecule has 1 aromatic carbocycles. The number of likely N-dealkylation sites (tertiary alicyclic amines) is 1. The van der Waals surface area contributed by atoms with Crippen molar-refractivity contribution >= 4 is 17.5 Å². The molecule has 0 bridgehead atoms. The summed E-state index contributed by atoms with van der Waals surface area (Å²) in [5, 5.41) is 0. The van der Waals surface area contributed by atoms with E-state index >= 15 is 0 Å². The molecular weight excluding hydrogens is 344 g/mol. The molecule has 0 aliphatic carbocycles. The first-order chi connectivity index (χ1) is 13.0. The Morgan fingerprint density at radius 2 is 1.70 bits per heavy atom. The van der Waals surface area contributed by atoms with Gasteiger partial charge in [0.15, 0.2) is 6.29 Å². The minimum absolute atomic E-state index is 0.0157. The van der Waals surface area contributed by atoms with Crippen molar-refractivity contribution in [3.63, 3.8) is 0 Å². The number of carbonyl (C=O) groups is 2. The van der Waals surface area contributed by atoms with Crippen molar-refractivity contribution in [1.82, 2.24) is 4.90 Å². The van der Waals surface area contributed by atoms with Gasteiger partial charge in [-0.2, -0.15) is 0 Å². The molecule has 3 aliphatic rings. The molecule has 146 valence electrons. The van der Waals surface area contributed by atoms with Gasteiger partial charge < -0.3 is 19.3 Å². The second kappa shape index (κ2) is 7.60. The second-order valence-electron chi connectivity index (χ2n) is 7.87. The zero-order valence-electron chi connectivity index (χ0n) is 16.1. The third kappa shape index (κ3) is 3.60. The lowest BCUT2D eigenvalue weighted by molar-refractivity contribution is -0.144. The van der Waals surface area contributed by atoms with Gasteiger partial charge in [0.25, 0.3) is 0 Å². The summed E-state index contributed by atoms with van der Waals surface area (Å²) in [4.78, 5) is 29.5. The van der Waals surface area contributed by atoms with Crippen molar-refractivity contribution in [1.29, 1.82) is 0 Å². The van der Waals surface area contributed by atoms with Gasteiger partial charge in [-0.25, -0.2) is 0 Å².